The third-order valence-electron chi connectivity index (χ3n) is 3.02. The lowest BCUT2D eigenvalue weighted by Crippen LogP contribution is -2.42. The largest absolute Gasteiger partial charge is 0.508 e. The van der Waals surface area contributed by atoms with Crippen molar-refractivity contribution in [1.82, 2.24) is 5.32 Å². The van der Waals surface area contributed by atoms with Crippen LogP contribution in [0.5, 0.6) is 11.5 Å². The number of aromatic hydroxyl groups is 1. The molecule has 0 spiro atoms. The Balaban J connectivity index is 3.08. The van der Waals surface area contributed by atoms with Crippen LogP contribution in [-0.4, -0.2) is 34.1 Å². The minimum atomic E-state index is -1.25. The van der Waals surface area contributed by atoms with Crippen molar-refractivity contribution in [3.05, 3.63) is 48.1 Å². The molecular weight excluding hydrogens is 314 g/mol. The second kappa shape index (κ2) is 7.96. The van der Waals surface area contributed by atoms with Gasteiger partial charge >= 0.3 is 11.9 Å². The molecule has 0 aromatic heterocycles. The Labute approximate surface area is 139 Å². The van der Waals surface area contributed by atoms with Crippen LogP contribution in [0.15, 0.2) is 42.5 Å². The molecule has 1 unspecified atom stereocenters. The van der Waals surface area contributed by atoms with Crippen molar-refractivity contribution >= 4 is 17.8 Å². The maximum absolute atomic E-state index is 11.7. The number of nitrogens with one attached hydrogen (secondary N) is 1. The number of benzene rings is 1. The summed E-state index contributed by atoms with van der Waals surface area (Å²) in [6, 6.07) is 2.68. The molecule has 1 amide bonds. The first kappa shape index (κ1) is 19.0. The van der Waals surface area contributed by atoms with Crippen LogP contribution in [-0.2, 0) is 20.8 Å². The van der Waals surface area contributed by atoms with Crippen LogP contribution >= 0.6 is 0 Å². The van der Waals surface area contributed by atoms with E-state index in [1.165, 1.54) is 32.0 Å². The highest BCUT2D eigenvalue weighted by Crippen LogP contribution is 2.26. The number of hydrogen-bond acceptors (Lipinski definition) is 5. The first-order valence-electron chi connectivity index (χ1n) is 7.00. The lowest BCUT2D eigenvalue weighted by molar-refractivity contribution is -0.141. The number of amides is 1. The lowest BCUT2D eigenvalue weighted by Gasteiger charge is -2.17. The molecule has 1 aromatic carbocycles. The number of esters is 1. The summed E-state index contributed by atoms with van der Waals surface area (Å²) in [6.45, 7) is 9.81. The molecule has 0 aliphatic rings. The minimum absolute atomic E-state index is 0.00109. The third-order valence-corrected chi connectivity index (χ3v) is 3.02. The fraction of sp³-hybridized carbons (Fsp3) is 0.235. The summed E-state index contributed by atoms with van der Waals surface area (Å²) in [7, 11) is 0. The molecule has 128 valence electrons. The first-order valence-corrected chi connectivity index (χ1v) is 7.00. The summed E-state index contributed by atoms with van der Waals surface area (Å²) in [5.41, 5.74) is 0.646. The Morgan fingerprint density at radius 1 is 1.21 bits per heavy atom. The number of carboxylic acids is 1. The molecular formula is C17H19NO6. The Bertz CT molecular complexity index is 707. The molecule has 24 heavy (non-hydrogen) atoms. The maximum Gasteiger partial charge on any atom is 0.338 e. The number of carboxylic acid groups (broad SMARTS) is 1. The highest BCUT2D eigenvalue weighted by Gasteiger charge is 2.23. The number of phenolic OH excluding ortho intramolecular Hbond substituents is 1. The van der Waals surface area contributed by atoms with Gasteiger partial charge in [0.15, 0.2) is 0 Å². The van der Waals surface area contributed by atoms with Crippen molar-refractivity contribution in [1.29, 1.82) is 0 Å². The summed E-state index contributed by atoms with van der Waals surface area (Å²) in [5.74, 6) is -2.71. The van der Waals surface area contributed by atoms with Gasteiger partial charge in [0.2, 0.25) is 5.91 Å². The number of rotatable bonds is 7. The van der Waals surface area contributed by atoms with Crippen LogP contribution in [0.25, 0.3) is 0 Å². The molecule has 0 saturated carbocycles. The van der Waals surface area contributed by atoms with E-state index < -0.39 is 23.9 Å². The average Bonchev–Trinajstić information content (AvgIpc) is 2.48. The normalized spacial score (nSPS) is 11.2. The number of hydrogen-bond donors (Lipinski definition) is 3. The van der Waals surface area contributed by atoms with E-state index in [1.54, 1.807) is 0 Å². The molecule has 0 radical (unpaired) electrons. The predicted molar refractivity (Wildman–Crippen MR) is 86.6 cm³/mol. The Hall–Kier alpha value is -3.09. The Morgan fingerprint density at radius 2 is 1.83 bits per heavy atom. The van der Waals surface area contributed by atoms with Gasteiger partial charge in [0.05, 0.1) is 0 Å². The molecule has 3 N–H and O–H groups in total. The first-order chi connectivity index (χ1) is 11.1. The van der Waals surface area contributed by atoms with E-state index >= 15 is 0 Å². The minimum Gasteiger partial charge on any atom is -0.508 e. The standard InChI is InChI=1S/C17H19NO6/c1-9(2)15(20)18-13(16(21)22)7-11-5-6-12(19)8-14(11)24-17(23)10(3)4/h5-6,8,13,19H,1,3,7H2,2,4H3,(H,18,20)(H,21,22). The highest BCUT2D eigenvalue weighted by molar-refractivity contribution is 5.95. The van der Waals surface area contributed by atoms with Gasteiger partial charge in [-0.15, -0.1) is 0 Å². The quantitative estimate of drug-likeness (QED) is 0.396. The van der Waals surface area contributed by atoms with E-state index in [0.717, 1.165) is 0 Å². The molecule has 0 saturated heterocycles. The highest BCUT2D eigenvalue weighted by atomic mass is 16.5. The smallest absolute Gasteiger partial charge is 0.338 e. The van der Waals surface area contributed by atoms with Crippen molar-refractivity contribution in [2.45, 2.75) is 26.3 Å². The van der Waals surface area contributed by atoms with Crippen LogP contribution in [0, 0.1) is 0 Å². The molecule has 1 rings (SSSR count). The molecule has 0 aliphatic carbocycles. The van der Waals surface area contributed by atoms with Crippen LogP contribution in [0.4, 0.5) is 0 Å². The summed E-state index contributed by atoms with van der Waals surface area (Å²) in [5, 5.41) is 21.1. The lowest BCUT2D eigenvalue weighted by atomic mass is 10.0. The van der Waals surface area contributed by atoms with Gasteiger partial charge in [0, 0.05) is 23.6 Å². The number of carbonyl (C=O) groups is 3. The Kier molecular flexibility index (Phi) is 6.29. The van der Waals surface area contributed by atoms with Crippen molar-refractivity contribution in [2.75, 3.05) is 0 Å². The van der Waals surface area contributed by atoms with E-state index in [0.29, 0.717) is 5.56 Å². The van der Waals surface area contributed by atoms with E-state index in [4.69, 9.17) is 4.74 Å². The van der Waals surface area contributed by atoms with E-state index in [1.807, 2.05) is 0 Å². The predicted octanol–water partition coefficient (Wildman–Crippen LogP) is 1.56. The van der Waals surface area contributed by atoms with Gasteiger partial charge in [-0.25, -0.2) is 9.59 Å². The SMILES string of the molecule is C=C(C)C(=O)NC(Cc1ccc(O)cc1OC(=O)C(=C)C)C(=O)O. The summed E-state index contributed by atoms with van der Waals surface area (Å²) in [6.07, 6.45) is -0.145. The van der Waals surface area contributed by atoms with E-state index in [2.05, 4.69) is 18.5 Å². The fourth-order valence-electron chi connectivity index (χ4n) is 1.70. The molecule has 0 fully saturated rings. The van der Waals surface area contributed by atoms with E-state index in [-0.39, 0.29) is 29.1 Å². The van der Waals surface area contributed by atoms with Crippen molar-refractivity contribution in [3.8, 4) is 11.5 Å². The molecule has 0 heterocycles. The maximum atomic E-state index is 11.7. The second-order valence-electron chi connectivity index (χ2n) is 5.31. The van der Waals surface area contributed by atoms with Gasteiger partial charge in [-0.05, 0) is 25.5 Å². The van der Waals surface area contributed by atoms with Gasteiger partial charge < -0.3 is 20.3 Å². The molecule has 0 bridgehead atoms. The fourth-order valence-corrected chi connectivity index (χ4v) is 1.70. The van der Waals surface area contributed by atoms with Gasteiger partial charge in [-0.1, -0.05) is 19.2 Å². The zero-order chi connectivity index (χ0) is 18.4. The second-order valence-corrected chi connectivity index (χ2v) is 5.31. The number of phenols is 1. The summed E-state index contributed by atoms with van der Waals surface area (Å²) in [4.78, 5) is 34.7. The van der Waals surface area contributed by atoms with Gasteiger partial charge in [0.25, 0.3) is 0 Å². The van der Waals surface area contributed by atoms with Crippen molar-refractivity contribution < 1.29 is 29.3 Å². The number of carbonyl (C=O) groups excluding carboxylic acids is 2. The van der Waals surface area contributed by atoms with Gasteiger partial charge in [-0.3, -0.25) is 4.79 Å². The number of ether oxygens (including phenoxy) is 1. The monoisotopic (exact) mass is 333 g/mol. The topological polar surface area (TPSA) is 113 Å². The molecule has 7 heteroatoms. The third kappa shape index (κ3) is 5.28. The Morgan fingerprint density at radius 3 is 2.33 bits per heavy atom. The van der Waals surface area contributed by atoms with Crippen LogP contribution in [0.1, 0.15) is 19.4 Å². The zero-order valence-electron chi connectivity index (χ0n) is 13.5. The van der Waals surface area contributed by atoms with E-state index in [9.17, 15) is 24.6 Å². The zero-order valence-corrected chi connectivity index (χ0v) is 13.5. The number of aliphatic carboxylic acids is 1. The van der Waals surface area contributed by atoms with Crippen molar-refractivity contribution in [3.63, 3.8) is 0 Å². The summed E-state index contributed by atoms with van der Waals surface area (Å²) < 4.78 is 5.10. The molecule has 1 aromatic rings. The molecule has 7 nitrogen and oxygen atoms in total. The van der Waals surface area contributed by atoms with Crippen molar-refractivity contribution in [2.24, 2.45) is 0 Å². The summed E-state index contributed by atoms with van der Waals surface area (Å²) >= 11 is 0. The van der Waals surface area contributed by atoms with Crippen LogP contribution in [0.3, 0.4) is 0 Å². The van der Waals surface area contributed by atoms with Crippen LogP contribution in [0.2, 0.25) is 0 Å². The van der Waals surface area contributed by atoms with Gasteiger partial charge in [-0.2, -0.15) is 0 Å². The molecule has 0 aliphatic heterocycles. The van der Waals surface area contributed by atoms with Gasteiger partial charge in [0.1, 0.15) is 17.5 Å². The van der Waals surface area contributed by atoms with Crippen LogP contribution < -0.4 is 10.1 Å². The molecule has 1 atom stereocenters. The average molecular weight is 333 g/mol.